The van der Waals surface area contributed by atoms with Crippen LogP contribution in [0, 0.1) is 6.92 Å². The van der Waals surface area contributed by atoms with Gasteiger partial charge in [0.05, 0.1) is 12.3 Å². The van der Waals surface area contributed by atoms with Crippen molar-refractivity contribution in [1.29, 1.82) is 0 Å². The molecule has 0 aromatic heterocycles. The monoisotopic (exact) mass is 376 g/mol. The molecule has 0 bridgehead atoms. The Morgan fingerprint density at radius 1 is 1.28 bits per heavy atom. The van der Waals surface area contributed by atoms with Gasteiger partial charge < -0.3 is 13.9 Å². The van der Waals surface area contributed by atoms with Crippen LogP contribution in [0.2, 0.25) is 19.6 Å². The number of halogens is 3. The highest BCUT2D eigenvalue weighted by Crippen LogP contribution is 2.51. The molecule has 2 atom stereocenters. The van der Waals surface area contributed by atoms with Gasteiger partial charge >= 0.3 is 12.1 Å². The first-order chi connectivity index (χ1) is 11.4. The molecule has 0 fully saturated rings. The minimum atomic E-state index is -4.81. The average Bonchev–Trinajstić information content (AvgIpc) is 2.42. The Morgan fingerprint density at radius 3 is 2.44 bits per heavy atom. The summed E-state index contributed by atoms with van der Waals surface area (Å²) in [5, 5.41) is 0. The fourth-order valence-electron chi connectivity index (χ4n) is 3.01. The van der Waals surface area contributed by atoms with E-state index in [-0.39, 0.29) is 17.9 Å². The van der Waals surface area contributed by atoms with Crippen LogP contribution in [0.4, 0.5) is 13.2 Å². The maximum absolute atomic E-state index is 14.2. The second kappa shape index (κ2) is 6.73. The maximum atomic E-state index is 14.2. The Labute approximate surface area is 146 Å². The van der Waals surface area contributed by atoms with Gasteiger partial charge in [-0.1, -0.05) is 12.1 Å². The molecular weight excluding hydrogens is 353 g/mol. The van der Waals surface area contributed by atoms with Gasteiger partial charge in [-0.15, -0.1) is 0 Å². The third-order valence-electron chi connectivity index (χ3n) is 3.81. The fourth-order valence-corrected chi connectivity index (χ4v) is 4.23. The number of aryl methyl sites for hydroxylation is 1. The predicted octanol–water partition coefficient (Wildman–Crippen LogP) is 4.53. The summed E-state index contributed by atoms with van der Waals surface area (Å²) in [5.41, 5.74) is 1.06. The second-order valence-electron chi connectivity index (χ2n) is 7.08. The first-order valence-corrected chi connectivity index (χ1v) is 11.5. The van der Waals surface area contributed by atoms with Crippen molar-refractivity contribution in [3.05, 3.63) is 29.3 Å². The molecule has 1 aliphatic rings. The number of fused-ring (bicyclic) bond motifs is 1. The van der Waals surface area contributed by atoms with Crippen molar-refractivity contribution >= 4 is 14.3 Å². The van der Waals surface area contributed by atoms with E-state index in [0.717, 1.165) is 5.56 Å². The molecule has 1 aromatic carbocycles. The van der Waals surface area contributed by atoms with E-state index in [0.29, 0.717) is 0 Å². The van der Waals surface area contributed by atoms with Crippen LogP contribution < -0.4 is 4.74 Å². The van der Waals surface area contributed by atoms with Gasteiger partial charge in [0.1, 0.15) is 5.75 Å². The molecule has 2 unspecified atom stereocenters. The van der Waals surface area contributed by atoms with Gasteiger partial charge in [-0.3, -0.25) is 4.79 Å². The van der Waals surface area contributed by atoms with E-state index in [1.807, 2.05) is 0 Å². The number of alkyl halides is 3. The van der Waals surface area contributed by atoms with E-state index < -0.39 is 38.6 Å². The molecule has 1 aliphatic heterocycles. The summed E-state index contributed by atoms with van der Waals surface area (Å²) < 4.78 is 58.6. The van der Waals surface area contributed by atoms with Gasteiger partial charge in [-0.05, 0) is 45.1 Å². The molecule has 0 aliphatic carbocycles. The van der Waals surface area contributed by atoms with E-state index in [1.54, 1.807) is 44.8 Å². The SMILES string of the molecule is CCOC(O[Si](C)(C)C)(C1CC(=O)Oc2cc(C)ccc21)C(F)(F)F. The molecule has 0 spiro atoms. The number of rotatable bonds is 5. The highest BCUT2D eigenvalue weighted by molar-refractivity contribution is 6.69. The van der Waals surface area contributed by atoms with Crippen molar-refractivity contribution in [2.75, 3.05) is 6.61 Å². The summed E-state index contributed by atoms with van der Waals surface area (Å²) in [6.45, 7) is 8.02. The quantitative estimate of drug-likeness (QED) is 0.328. The Bertz CT molecular complexity index is 654. The van der Waals surface area contributed by atoms with Gasteiger partial charge in [-0.2, -0.15) is 13.2 Å². The minimum Gasteiger partial charge on any atom is -0.426 e. The van der Waals surface area contributed by atoms with Crippen molar-refractivity contribution < 1.29 is 31.9 Å². The number of hydrogen-bond donors (Lipinski definition) is 0. The van der Waals surface area contributed by atoms with E-state index in [4.69, 9.17) is 13.9 Å². The summed E-state index contributed by atoms with van der Waals surface area (Å²) >= 11 is 0. The standard InChI is InChI=1S/C17H23F3O4Si/c1-6-22-16(17(18,19)20,24-25(3,4)5)13-10-15(21)23-14-9-11(2)7-8-12(13)14/h7-9,13H,6,10H2,1-5H3. The van der Waals surface area contributed by atoms with E-state index in [2.05, 4.69) is 0 Å². The van der Waals surface area contributed by atoms with Gasteiger partial charge in [0.2, 0.25) is 0 Å². The molecule has 0 saturated heterocycles. The lowest BCUT2D eigenvalue weighted by molar-refractivity contribution is -0.365. The van der Waals surface area contributed by atoms with Crippen molar-refractivity contribution in [1.82, 2.24) is 0 Å². The van der Waals surface area contributed by atoms with Gasteiger partial charge in [0, 0.05) is 12.2 Å². The van der Waals surface area contributed by atoms with Crippen LogP contribution in [-0.4, -0.2) is 32.9 Å². The Balaban J connectivity index is 2.67. The molecule has 140 valence electrons. The lowest BCUT2D eigenvalue weighted by atomic mass is 9.84. The molecule has 0 radical (unpaired) electrons. The van der Waals surface area contributed by atoms with Gasteiger partial charge in [-0.25, -0.2) is 0 Å². The minimum absolute atomic E-state index is 0.133. The number of benzene rings is 1. The number of esters is 1. The Hall–Kier alpha value is -1.38. The molecule has 2 rings (SSSR count). The van der Waals surface area contributed by atoms with Crippen LogP contribution in [0.25, 0.3) is 0 Å². The maximum Gasteiger partial charge on any atom is 0.442 e. The molecule has 0 saturated carbocycles. The summed E-state index contributed by atoms with van der Waals surface area (Å²) in [6, 6.07) is 4.79. The summed E-state index contributed by atoms with van der Waals surface area (Å²) in [4.78, 5) is 12.0. The Kier molecular flexibility index (Phi) is 5.37. The zero-order chi connectivity index (χ0) is 19.0. The van der Waals surface area contributed by atoms with Crippen molar-refractivity contribution in [3.63, 3.8) is 0 Å². The van der Waals surface area contributed by atoms with Crippen molar-refractivity contribution in [2.24, 2.45) is 0 Å². The highest BCUT2D eigenvalue weighted by Gasteiger charge is 2.65. The summed E-state index contributed by atoms with van der Waals surface area (Å²) in [6.07, 6.45) is -5.27. The first-order valence-electron chi connectivity index (χ1n) is 8.11. The molecule has 1 aromatic rings. The molecule has 0 amide bonds. The molecular formula is C17H23F3O4Si. The predicted molar refractivity (Wildman–Crippen MR) is 89.0 cm³/mol. The van der Waals surface area contributed by atoms with Crippen LogP contribution in [-0.2, 0) is 14.0 Å². The van der Waals surface area contributed by atoms with Crippen LogP contribution in [0.15, 0.2) is 18.2 Å². The topological polar surface area (TPSA) is 44.8 Å². The second-order valence-corrected chi connectivity index (χ2v) is 11.5. The van der Waals surface area contributed by atoms with Crippen LogP contribution in [0.3, 0.4) is 0 Å². The zero-order valence-electron chi connectivity index (χ0n) is 15.0. The van der Waals surface area contributed by atoms with Gasteiger partial charge in [0.15, 0.2) is 8.32 Å². The molecule has 0 N–H and O–H groups in total. The molecule has 4 nitrogen and oxygen atoms in total. The molecule has 25 heavy (non-hydrogen) atoms. The highest BCUT2D eigenvalue weighted by atomic mass is 28.4. The summed E-state index contributed by atoms with van der Waals surface area (Å²) in [5.74, 6) is -4.80. The summed E-state index contributed by atoms with van der Waals surface area (Å²) in [7, 11) is -2.67. The van der Waals surface area contributed by atoms with E-state index >= 15 is 0 Å². The number of carbonyl (C=O) groups is 1. The lowest BCUT2D eigenvalue weighted by Crippen LogP contribution is -2.59. The van der Waals surface area contributed by atoms with Crippen LogP contribution in [0.5, 0.6) is 5.75 Å². The molecule has 1 heterocycles. The smallest absolute Gasteiger partial charge is 0.426 e. The normalized spacial score (nSPS) is 20.6. The third kappa shape index (κ3) is 4.07. The average molecular weight is 376 g/mol. The van der Waals surface area contributed by atoms with Gasteiger partial charge in [0.25, 0.3) is 5.79 Å². The number of ether oxygens (including phenoxy) is 2. The lowest BCUT2D eigenvalue weighted by Gasteiger charge is -2.45. The van der Waals surface area contributed by atoms with Crippen molar-refractivity contribution in [2.45, 2.75) is 57.8 Å². The zero-order valence-corrected chi connectivity index (χ0v) is 16.0. The van der Waals surface area contributed by atoms with E-state index in [1.165, 1.54) is 6.92 Å². The van der Waals surface area contributed by atoms with Crippen LogP contribution >= 0.6 is 0 Å². The Morgan fingerprint density at radius 2 is 1.92 bits per heavy atom. The first kappa shape index (κ1) is 19.9. The number of carbonyl (C=O) groups excluding carboxylic acids is 1. The largest absolute Gasteiger partial charge is 0.442 e. The molecule has 8 heteroatoms. The number of hydrogen-bond acceptors (Lipinski definition) is 4. The fraction of sp³-hybridized carbons (Fsp3) is 0.588. The van der Waals surface area contributed by atoms with Crippen LogP contribution in [0.1, 0.15) is 30.4 Å². The third-order valence-corrected chi connectivity index (χ3v) is 4.73. The van der Waals surface area contributed by atoms with Crippen molar-refractivity contribution in [3.8, 4) is 5.75 Å². The van der Waals surface area contributed by atoms with E-state index in [9.17, 15) is 18.0 Å².